The van der Waals surface area contributed by atoms with E-state index in [1.54, 1.807) is 19.1 Å². The molecule has 8 heteroatoms. The molecule has 0 atom stereocenters. The van der Waals surface area contributed by atoms with Gasteiger partial charge in [0.15, 0.2) is 0 Å². The molecule has 1 saturated carbocycles. The lowest BCUT2D eigenvalue weighted by molar-refractivity contribution is 0.602. The molecule has 27 heavy (non-hydrogen) atoms. The lowest BCUT2D eigenvalue weighted by atomic mass is 10.0. The highest BCUT2D eigenvalue weighted by atomic mass is 32.2. The van der Waals surface area contributed by atoms with Crippen LogP contribution in [0.1, 0.15) is 19.8 Å². The van der Waals surface area contributed by atoms with Crippen molar-refractivity contribution in [2.24, 2.45) is 5.92 Å². The number of H-pyrrole nitrogens is 1. The summed E-state index contributed by atoms with van der Waals surface area (Å²) in [5, 5.41) is 4.25. The number of fused-ring (bicyclic) bond motifs is 1. The molecule has 0 aliphatic heterocycles. The van der Waals surface area contributed by atoms with E-state index in [-0.39, 0.29) is 5.75 Å². The molecule has 140 valence electrons. The molecule has 6 nitrogen and oxygen atoms in total. The molecule has 3 aromatic rings. The number of anilines is 2. The zero-order valence-electron chi connectivity index (χ0n) is 14.8. The number of rotatable bonds is 6. The van der Waals surface area contributed by atoms with Crippen molar-refractivity contribution in [2.75, 3.05) is 15.8 Å². The smallest absolute Gasteiger partial charge is 0.232 e. The van der Waals surface area contributed by atoms with Crippen LogP contribution in [0.2, 0.25) is 0 Å². The summed E-state index contributed by atoms with van der Waals surface area (Å²) < 4.78 is 26.0. The van der Waals surface area contributed by atoms with Crippen LogP contribution in [-0.2, 0) is 10.0 Å². The highest BCUT2D eigenvalue weighted by Gasteiger charge is 2.26. The number of aromatic nitrogens is 2. The highest BCUT2D eigenvalue weighted by Crippen LogP contribution is 2.33. The third-order valence-electron chi connectivity index (χ3n) is 4.58. The molecule has 2 aromatic heterocycles. The van der Waals surface area contributed by atoms with E-state index in [9.17, 15) is 8.42 Å². The number of aromatic amines is 1. The lowest BCUT2D eigenvalue weighted by Gasteiger charge is -2.11. The van der Waals surface area contributed by atoms with Gasteiger partial charge in [0.25, 0.3) is 0 Å². The van der Waals surface area contributed by atoms with Crippen LogP contribution in [0.15, 0.2) is 42.6 Å². The topological polar surface area (TPSA) is 86.9 Å². The van der Waals surface area contributed by atoms with Gasteiger partial charge >= 0.3 is 0 Å². The predicted octanol–water partition coefficient (Wildman–Crippen LogP) is 4.14. The molecular weight excluding hydrogens is 380 g/mol. The number of benzene rings is 1. The quantitative estimate of drug-likeness (QED) is 0.541. The van der Waals surface area contributed by atoms with Crippen LogP contribution >= 0.6 is 12.2 Å². The fraction of sp³-hybridized carbons (Fsp3) is 0.263. The lowest BCUT2D eigenvalue weighted by Crippen LogP contribution is -2.14. The fourth-order valence-corrected chi connectivity index (χ4v) is 3.86. The van der Waals surface area contributed by atoms with E-state index in [4.69, 9.17) is 12.2 Å². The Kier molecular flexibility index (Phi) is 4.61. The number of sulfonamides is 1. The van der Waals surface area contributed by atoms with Crippen molar-refractivity contribution < 1.29 is 8.42 Å². The second-order valence-electron chi connectivity index (χ2n) is 6.64. The summed E-state index contributed by atoms with van der Waals surface area (Å²) in [4.78, 5) is 8.59. The summed E-state index contributed by atoms with van der Waals surface area (Å²) in [5.74, 6) is 1.22. The van der Waals surface area contributed by atoms with E-state index < -0.39 is 10.0 Å². The van der Waals surface area contributed by atoms with Gasteiger partial charge in [-0.15, -0.1) is 0 Å². The van der Waals surface area contributed by atoms with E-state index in [1.165, 1.54) is 0 Å². The van der Waals surface area contributed by atoms with Gasteiger partial charge in [-0.3, -0.25) is 4.72 Å². The Morgan fingerprint density at radius 2 is 2.00 bits per heavy atom. The maximum absolute atomic E-state index is 11.7. The highest BCUT2D eigenvalue weighted by molar-refractivity contribution is 7.92. The van der Waals surface area contributed by atoms with Crippen LogP contribution in [0, 0.1) is 5.92 Å². The average Bonchev–Trinajstić information content (AvgIpc) is 3.40. The van der Waals surface area contributed by atoms with Crippen LogP contribution in [0.5, 0.6) is 0 Å². The zero-order chi connectivity index (χ0) is 19.0. The molecule has 4 rings (SSSR count). The van der Waals surface area contributed by atoms with Gasteiger partial charge in [0.1, 0.15) is 11.5 Å². The maximum Gasteiger partial charge on any atom is 0.232 e. The molecule has 0 bridgehead atoms. The molecule has 0 saturated heterocycles. The summed E-state index contributed by atoms with van der Waals surface area (Å²) >= 11 is 5.44. The van der Waals surface area contributed by atoms with Gasteiger partial charge in [-0.05, 0) is 55.2 Å². The van der Waals surface area contributed by atoms with Crippen LogP contribution in [0.4, 0.5) is 11.5 Å². The first-order valence-electron chi connectivity index (χ1n) is 8.85. The summed E-state index contributed by atoms with van der Waals surface area (Å²) in [7, 11) is -3.29. The molecule has 1 fully saturated rings. The van der Waals surface area contributed by atoms with Crippen LogP contribution < -0.4 is 10.0 Å². The second kappa shape index (κ2) is 6.94. The molecule has 0 amide bonds. The Balaban J connectivity index is 1.67. The minimum atomic E-state index is -3.29. The van der Waals surface area contributed by atoms with Gasteiger partial charge in [0, 0.05) is 23.2 Å². The predicted molar refractivity (Wildman–Crippen MR) is 114 cm³/mol. The largest absolute Gasteiger partial charge is 0.346 e. The Morgan fingerprint density at radius 1 is 1.26 bits per heavy atom. The molecular formula is C19H20N4O2S2. The average molecular weight is 401 g/mol. The van der Waals surface area contributed by atoms with Crippen LogP contribution in [0.3, 0.4) is 0 Å². The molecule has 1 aliphatic carbocycles. The molecule has 1 aromatic carbocycles. The van der Waals surface area contributed by atoms with Gasteiger partial charge < -0.3 is 10.3 Å². The van der Waals surface area contributed by atoms with Crippen molar-refractivity contribution in [2.45, 2.75) is 19.8 Å². The zero-order valence-corrected chi connectivity index (χ0v) is 16.5. The number of nitrogens with one attached hydrogen (secondary N) is 3. The van der Waals surface area contributed by atoms with Gasteiger partial charge in [-0.1, -0.05) is 24.4 Å². The summed E-state index contributed by atoms with van der Waals surface area (Å²) in [6, 6.07) is 11.3. The fourth-order valence-electron chi connectivity index (χ4n) is 2.88. The van der Waals surface area contributed by atoms with Crippen molar-refractivity contribution in [1.82, 2.24) is 9.97 Å². The maximum atomic E-state index is 11.7. The Labute approximate surface area is 163 Å². The second-order valence-corrected chi connectivity index (χ2v) is 9.09. The van der Waals surface area contributed by atoms with Gasteiger partial charge in [0.2, 0.25) is 10.0 Å². The van der Waals surface area contributed by atoms with E-state index >= 15 is 0 Å². The minimum absolute atomic E-state index is 0.0407. The minimum Gasteiger partial charge on any atom is -0.346 e. The van der Waals surface area contributed by atoms with E-state index in [0.717, 1.165) is 40.0 Å². The Bertz CT molecular complexity index is 1100. The Morgan fingerprint density at radius 3 is 2.67 bits per heavy atom. The molecule has 2 heterocycles. The van der Waals surface area contributed by atoms with E-state index in [1.807, 2.05) is 30.5 Å². The van der Waals surface area contributed by atoms with Crippen molar-refractivity contribution in [3.05, 3.63) is 42.6 Å². The molecule has 0 spiro atoms. The summed E-state index contributed by atoms with van der Waals surface area (Å²) in [6.45, 7) is 1.61. The molecule has 0 radical (unpaired) electrons. The van der Waals surface area contributed by atoms with Gasteiger partial charge in [-0.2, -0.15) is 0 Å². The molecule has 1 aliphatic rings. The third-order valence-corrected chi connectivity index (χ3v) is 6.32. The van der Waals surface area contributed by atoms with Crippen LogP contribution in [-0.4, -0.2) is 29.1 Å². The normalized spacial score (nSPS) is 14.3. The molecule has 3 N–H and O–H groups in total. The summed E-state index contributed by atoms with van der Waals surface area (Å²) in [6.07, 6.45) is 4.13. The molecule has 0 unspecified atom stereocenters. The third kappa shape index (κ3) is 3.96. The number of pyridine rings is 1. The van der Waals surface area contributed by atoms with E-state index in [2.05, 4.69) is 20.0 Å². The SMILES string of the molecule is CCS(=O)(=O)Nc1ccc(-c2cc(NC(=S)C3CC3)nc3[nH]ccc23)cc1. The number of thiocarbonyl (C=S) groups is 1. The van der Waals surface area contributed by atoms with Crippen LogP contribution in [0.25, 0.3) is 22.2 Å². The van der Waals surface area contributed by atoms with Crippen molar-refractivity contribution >= 4 is 49.8 Å². The van der Waals surface area contributed by atoms with Crippen molar-refractivity contribution in [3.63, 3.8) is 0 Å². The van der Waals surface area contributed by atoms with E-state index in [0.29, 0.717) is 17.4 Å². The first kappa shape index (κ1) is 17.9. The number of hydrogen-bond acceptors (Lipinski definition) is 4. The standard InChI is InChI=1S/C19H20N4O2S2/c1-2-27(24,25)23-14-7-5-12(6-8-14)16-11-17(22-19(26)13-3-4-13)21-18-15(16)9-10-20-18/h5-11,13,23H,2-4H2,1H3,(H2,20,21,22,26). The Hall–Kier alpha value is -2.45. The number of hydrogen-bond donors (Lipinski definition) is 3. The summed E-state index contributed by atoms with van der Waals surface area (Å²) in [5.41, 5.74) is 3.31. The van der Waals surface area contributed by atoms with Crippen molar-refractivity contribution in [3.8, 4) is 11.1 Å². The number of nitrogens with zero attached hydrogens (tertiary/aromatic N) is 1. The first-order valence-corrected chi connectivity index (χ1v) is 10.9. The van der Waals surface area contributed by atoms with Gasteiger partial charge in [0.05, 0.1) is 10.7 Å². The monoisotopic (exact) mass is 400 g/mol. The first-order chi connectivity index (χ1) is 12.9. The van der Waals surface area contributed by atoms with Gasteiger partial charge in [-0.25, -0.2) is 13.4 Å². The van der Waals surface area contributed by atoms with Crippen molar-refractivity contribution in [1.29, 1.82) is 0 Å².